The second-order valence-corrected chi connectivity index (χ2v) is 5.72. The highest BCUT2D eigenvalue weighted by Crippen LogP contribution is 2.27. The van der Waals surface area contributed by atoms with E-state index in [4.69, 9.17) is 9.47 Å². The van der Waals surface area contributed by atoms with Crippen molar-refractivity contribution in [3.05, 3.63) is 35.3 Å². The topological polar surface area (TPSA) is 31.4 Å². The molecule has 3 nitrogen and oxygen atoms in total. The molecule has 0 bridgehead atoms. The maximum Gasteiger partial charge on any atom is 0.123 e. The molecular formula is C15H17NO2S. The Bertz CT molecular complexity index is 547. The van der Waals surface area contributed by atoms with Crippen LogP contribution in [-0.4, -0.2) is 24.8 Å². The van der Waals surface area contributed by atoms with Crippen LogP contribution in [0.1, 0.15) is 12.1 Å². The number of thiazole rings is 1. The van der Waals surface area contributed by atoms with E-state index in [1.165, 1.54) is 0 Å². The first-order valence-corrected chi connectivity index (χ1v) is 7.42. The van der Waals surface area contributed by atoms with E-state index < -0.39 is 0 Å². The third kappa shape index (κ3) is 3.14. The van der Waals surface area contributed by atoms with Crippen LogP contribution in [0.4, 0.5) is 0 Å². The van der Waals surface area contributed by atoms with Gasteiger partial charge in [0.2, 0.25) is 0 Å². The first-order valence-electron chi connectivity index (χ1n) is 6.54. The summed E-state index contributed by atoms with van der Waals surface area (Å²) < 4.78 is 11.2. The monoisotopic (exact) mass is 275 g/mol. The summed E-state index contributed by atoms with van der Waals surface area (Å²) in [6.45, 7) is 4.44. The highest BCUT2D eigenvalue weighted by atomic mass is 32.1. The number of nitrogens with zero attached hydrogens (tertiary/aromatic N) is 1. The summed E-state index contributed by atoms with van der Waals surface area (Å²) >= 11 is 1.67. The minimum Gasteiger partial charge on any atom is -0.493 e. The molecule has 1 aromatic heterocycles. The zero-order valence-corrected chi connectivity index (χ0v) is 11.8. The van der Waals surface area contributed by atoms with Crippen LogP contribution >= 0.6 is 11.3 Å². The van der Waals surface area contributed by atoms with Crippen molar-refractivity contribution in [2.45, 2.75) is 13.3 Å². The Morgan fingerprint density at radius 2 is 2.42 bits per heavy atom. The SMILES string of the molecule is Cc1csc(-c2cccc(OCC3CCOC3)c2)n1. The van der Waals surface area contributed by atoms with Crippen LogP contribution in [0.25, 0.3) is 10.6 Å². The van der Waals surface area contributed by atoms with Crippen molar-refractivity contribution in [1.29, 1.82) is 0 Å². The van der Waals surface area contributed by atoms with E-state index in [1.807, 2.05) is 19.1 Å². The van der Waals surface area contributed by atoms with Crippen LogP contribution in [-0.2, 0) is 4.74 Å². The lowest BCUT2D eigenvalue weighted by Crippen LogP contribution is -2.11. The summed E-state index contributed by atoms with van der Waals surface area (Å²) in [4.78, 5) is 4.50. The fourth-order valence-electron chi connectivity index (χ4n) is 2.13. The van der Waals surface area contributed by atoms with Gasteiger partial charge >= 0.3 is 0 Å². The van der Waals surface area contributed by atoms with E-state index in [0.717, 1.165) is 48.3 Å². The van der Waals surface area contributed by atoms with Crippen molar-refractivity contribution in [3.8, 4) is 16.3 Å². The van der Waals surface area contributed by atoms with Gasteiger partial charge in [-0.2, -0.15) is 0 Å². The Hall–Kier alpha value is -1.39. The highest BCUT2D eigenvalue weighted by Gasteiger charge is 2.16. The molecule has 19 heavy (non-hydrogen) atoms. The van der Waals surface area contributed by atoms with Crippen LogP contribution in [0.3, 0.4) is 0 Å². The predicted molar refractivity (Wildman–Crippen MR) is 76.7 cm³/mol. The van der Waals surface area contributed by atoms with E-state index in [9.17, 15) is 0 Å². The zero-order valence-electron chi connectivity index (χ0n) is 11.0. The maximum absolute atomic E-state index is 5.86. The normalized spacial score (nSPS) is 18.7. The average molecular weight is 275 g/mol. The maximum atomic E-state index is 5.86. The summed E-state index contributed by atoms with van der Waals surface area (Å²) in [5.74, 6) is 1.45. The summed E-state index contributed by atoms with van der Waals surface area (Å²) in [5, 5.41) is 3.12. The van der Waals surface area contributed by atoms with E-state index in [0.29, 0.717) is 5.92 Å². The van der Waals surface area contributed by atoms with Gasteiger partial charge in [-0.25, -0.2) is 4.98 Å². The lowest BCUT2D eigenvalue weighted by Gasteiger charge is -2.10. The van der Waals surface area contributed by atoms with Gasteiger partial charge in [-0.3, -0.25) is 0 Å². The fraction of sp³-hybridized carbons (Fsp3) is 0.400. The van der Waals surface area contributed by atoms with Gasteiger partial charge in [0, 0.05) is 29.2 Å². The van der Waals surface area contributed by atoms with Gasteiger partial charge in [-0.15, -0.1) is 11.3 Å². The average Bonchev–Trinajstić information content (AvgIpc) is 3.08. The molecule has 0 saturated carbocycles. The Balaban J connectivity index is 1.69. The van der Waals surface area contributed by atoms with Gasteiger partial charge in [0.1, 0.15) is 10.8 Å². The molecule has 3 rings (SSSR count). The zero-order chi connectivity index (χ0) is 13.1. The van der Waals surface area contributed by atoms with Crippen LogP contribution in [0.15, 0.2) is 29.6 Å². The Morgan fingerprint density at radius 1 is 1.47 bits per heavy atom. The number of aryl methyl sites for hydroxylation is 1. The molecule has 2 aromatic rings. The minimum atomic E-state index is 0.533. The number of aromatic nitrogens is 1. The molecule has 100 valence electrons. The van der Waals surface area contributed by atoms with Gasteiger partial charge < -0.3 is 9.47 Å². The molecule has 0 aliphatic carbocycles. The van der Waals surface area contributed by atoms with Gasteiger partial charge in [0.05, 0.1) is 13.2 Å². The Labute approximate surface area is 117 Å². The number of hydrogen-bond acceptors (Lipinski definition) is 4. The summed E-state index contributed by atoms with van der Waals surface area (Å²) in [5.41, 5.74) is 2.19. The molecule has 1 aliphatic rings. The largest absolute Gasteiger partial charge is 0.493 e. The van der Waals surface area contributed by atoms with Crippen molar-refractivity contribution in [2.24, 2.45) is 5.92 Å². The van der Waals surface area contributed by atoms with Crippen molar-refractivity contribution in [1.82, 2.24) is 4.98 Å². The van der Waals surface area contributed by atoms with Gasteiger partial charge in [-0.1, -0.05) is 12.1 Å². The van der Waals surface area contributed by atoms with Crippen molar-refractivity contribution in [3.63, 3.8) is 0 Å². The van der Waals surface area contributed by atoms with Crippen molar-refractivity contribution in [2.75, 3.05) is 19.8 Å². The fourth-order valence-corrected chi connectivity index (χ4v) is 2.93. The number of hydrogen-bond donors (Lipinski definition) is 0. The Morgan fingerprint density at radius 3 is 3.16 bits per heavy atom. The number of rotatable bonds is 4. The number of ether oxygens (including phenoxy) is 2. The van der Waals surface area contributed by atoms with Crippen LogP contribution in [0.5, 0.6) is 5.75 Å². The molecule has 2 heterocycles. The molecule has 4 heteroatoms. The van der Waals surface area contributed by atoms with E-state index in [-0.39, 0.29) is 0 Å². The van der Waals surface area contributed by atoms with E-state index >= 15 is 0 Å². The molecule has 0 amide bonds. The van der Waals surface area contributed by atoms with Gasteiger partial charge in [0.15, 0.2) is 0 Å². The lowest BCUT2D eigenvalue weighted by molar-refractivity contribution is 0.167. The quantitative estimate of drug-likeness (QED) is 0.855. The third-order valence-corrected chi connectivity index (χ3v) is 4.22. The molecule has 1 saturated heterocycles. The number of benzene rings is 1. The van der Waals surface area contributed by atoms with Crippen molar-refractivity contribution < 1.29 is 9.47 Å². The second-order valence-electron chi connectivity index (χ2n) is 4.86. The standard InChI is InChI=1S/C15H17NO2S/c1-11-10-19-15(16-11)13-3-2-4-14(7-13)18-9-12-5-6-17-8-12/h2-4,7,10,12H,5-6,8-9H2,1H3. The molecular weight excluding hydrogens is 258 g/mol. The molecule has 1 atom stereocenters. The van der Waals surface area contributed by atoms with Gasteiger partial charge in [0.25, 0.3) is 0 Å². The van der Waals surface area contributed by atoms with E-state index in [2.05, 4.69) is 22.5 Å². The molecule has 1 unspecified atom stereocenters. The summed E-state index contributed by atoms with van der Waals surface area (Å²) in [7, 11) is 0. The lowest BCUT2D eigenvalue weighted by atomic mass is 10.1. The second kappa shape index (κ2) is 5.72. The molecule has 1 aromatic carbocycles. The molecule has 0 radical (unpaired) electrons. The van der Waals surface area contributed by atoms with Crippen LogP contribution < -0.4 is 4.74 Å². The summed E-state index contributed by atoms with van der Waals surface area (Å²) in [6.07, 6.45) is 1.10. The van der Waals surface area contributed by atoms with Crippen molar-refractivity contribution >= 4 is 11.3 Å². The molecule has 1 fully saturated rings. The van der Waals surface area contributed by atoms with Crippen LogP contribution in [0.2, 0.25) is 0 Å². The summed E-state index contributed by atoms with van der Waals surface area (Å²) in [6, 6.07) is 8.16. The highest BCUT2D eigenvalue weighted by molar-refractivity contribution is 7.13. The van der Waals surface area contributed by atoms with E-state index in [1.54, 1.807) is 11.3 Å². The molecule has 0 spiro atoms. The minimum absolute atomic E-state index is 0.533. The first kappa shape index (κ1) is 12.6. The Kier molecular flexibility index (Phi) is 3.80. The predicted octanol–water partition coefficient (Wildman–Crippen LogP) is 3.53. The molecule has 0 N–H and O–H groups in total. The van der Waals surface area contributed by atoms with Crippen LogP contribution in [0, 0.1) is 12.8 Å². The van der Waals surface area contributed by atoms with Gasteiger partial charge in [-0.05, 0) is 25.5 Å². The smallest absolute Gasteiger partial charge is 0.123 e. The third-order valence-electron chi connectivity index (χ3n) is 3.21. The molecule has 1 aliphatic heterocycles. The first-order chi connectivity index (χ1) is 9.31.